The van der Waals surface area contributed by atoms with E-state index in [1.54, 1.807) is 0 Å². The lowest BCUT2D eigenvalue weighted by atomic mass is 9.86. The molecule has 1 spiro atoms. The van der Waals surface area contributed by atoms with Gasteiger partial charge >= 0.3 is 10.2 Å². The lowest BCUT2D eigenvalue weighted by molar-refractivity contribution is 0.332. The summed E-state index contributed by atoms with van der Waals surface area (Å²) in [5.41, 5.74) is 0.446. The zero-order chi connectivity index (χ0) is 8.82. The standard InChI is InChI=1S/C8H13FO2S/c9-12(10,11)7-1-3-8(4-2-7)5-6-8/h7H,1-6H2. The fourth-order valence-corrected chi connectivity index (χ4v) is 2.96. The van der Waals surface area contributed by atoms with Gasteiger partial charge in [-0.3, -0.25) is 0 Å². The van der Waals surface area contributed by atoms with Crippen LogP contribution in [-0.2, 0) is 10.2 Å². The van der Waals surface area contributed by atoms with Gasteiger partial charge in [0.1, 0.15) is 0 Å². The summed E-state index contributed by atoms with van der Waals surface area (Å²) in [6, 6.07) is 0. The molecule has 0 aromatic rings. The molecule has 0 heterocycles. The molecule has 0 aromatic heterocycles. The predicted molar refractivity (Wildman–Crippen MR) is 44.0 cm³/mol. The first-order valence-corrected chi connectivity index (χ1v) is 5.90. The molecule has 0 amide bonds. The molecular weight excluding hydrogens is 179 g/mol. The first-order valence-electron chi connectivity index (χ1n) is 4.45. The number of hydrogen-bond donors (Lipinski definition) is 0. The number of hydrogen-bond acceptors (Lipinski definition) is 2. The van der Waals surface area contributed by atoms with E-state index in [4.69, 9.17) is 0 Å². The van der Waals surface area contributed by atoms with E-state index < -0.39 is 15.5 Å². The van der Waals surface area contributed by atoms with Crippen molar-refractivity contribution in [3.8, 4) is 0 Å². The fraction of sp³-hybridized carbons (Fsp3) is 1.00. The van der Waals surface area contributed by atoms with Crippen molar-refractivity contribution in [3.05, 3.63) is 0 Å². The highest BCUT2D eigenvalue weighted by Crippen LogP contribution is 2.56. The molecule has 0 radical (unpaired) electrons. The van der Waals surface area contributed by atoms with Gasteiger partial charge in [-0.05, 0) is 43.9 Å². The van der Waals surface area contributed by atoms with Crippen LogP contribution < -0.4 is 0 Å². The highest BCUT2D eigenvalue weighted by Gasteiger charge is 2.47. The van der Waals surface area contributed by atoms with Crippen LogP contribution in [0, 0.1) is 5.41 Å². The Morgan fingerprint density at radius 3 is 1.92 bits per heavy atom. The molecule has 0 saturated heterocycles. The molecule has 0 N–H and O–H groups in total. The van der Waals surface area contributed by atoms with E-state index in [1.807, 2.05) is 0 Å². The Bertz CT molecular complexity index is 269. The van der Waals surface area contributed by atoms with Crippen LogP contribution in [0.5, 0.6) is 0 Å². The van der Waals surface area contributed by atoms with Crippen LogP contribution in [0.4, 0.5) is 3.89 Å². The third-order valence-corrected chi connectivity index (χ3v) is 4.62. The minimum absolute atomic E-state index is 0.446. The molecule has 0 bridgehead atoms. The first kappa shape index (κ1) is 8.48. The van der Waals surface area contributed by atoms with Gasteiger partial charge in [-0.25, -0.2) is 0 Å². The molecule has 2 aliphatic rings. The van der Waals surface area contributed by atoms with Crippen LogP contribution in [0.25, 0.3) is 0 Å². The van der Waals surface area contributed by atoms with Crippen LogP contribution >= 0.6 is 0 Å². The van der Waals surface area contributed by atoms with Crippen LogP contribution in [0.3, 0.4) is 0 Å². The summed E-state index contributed by atoms with van der Waals surface area (Å²) in [4.78, 5) is 0. The van der Waals surface area contributed by atoms with Crippen molar-refractivity contribution in [3.63, 3.8) is 0 Å². The van der Waals surface area contributed by atoms with Crippen molar-refractivity contribution in [2.24, 2.45) is 5.41 Å². The number of rotatable bonds is 1. The van der Waals surface area contributed by atoms with E-state index in [0.29, 0.717) is 18.3 Å². The summed E-state index contributed by atoms with van der Waals surface area (Å²) >= 11 is 0. The predicted octanol–water partition coefficient (Wildman–Crippen LogP) is 2.01. The molecular formula is C8H13FO2S. The van der Waals surface area contributed by atoms with Crippen molar-refractivity contribution < 1.29 is 12.3 Å². The molecule has 0 aromatic carbocycles. The smallest absolute Gasteiger partial charge is 0.195 e. The topological polar surface area (TPSA) is 34.1 Å². The highest BCUT2D eigenvalue weighted by molar-refractivity contribution is 7.87. The normalized spacial score (nSPS) is 29.1. The summed E-state index contributed by atoms with van der Waals surface area (Å²) in [5.74, 6) is 0. The molecule has 12 heavy (non-hydrogen) atoms. The summed E-state index contributed by atoms with van der Waals surface area (Å²) < 4.78 is 33.6. The Morgan fingerprint density at radius 1 is 1.08 bits per heavy atom. The third kappa shape index (κ3) is 1.49. The molecule has 0 unspecified atom stereocenters. The van der Waals surface area contributed by atoms with E-state index >= 15 is 0 Å². The van der Waals surface area contributed by atoms with Crippen LogP contribution in [0.1, 0.15) is 38.5 Å². The summed E-state index contributed by atoms with van der Waals surface area (Å²) in [6.45, 7) is 0. The van der Waals surface area contributed by atoms with Crippen molar-refractivity contribution in [1.29, 1.82) is 0 Å². The van der Waals surface area contributed by atoms with E-state index in [9.17, 15) is 12.3 Å². The van der Waals surface area contributed by atoms with Gasteiger partial charge in [-0.1, -0.05) is 0 Å². The minimum Gasteiger partial charge on any atom is -0.195 e. The Labute approximate surface area is 72.4 Å². The summed E-state index contributed by atoms with van der Waals surface area (Å²) in [5, 5.41) is -0.691. The van der Waals surface area contributed by atoms with Crippen molar-refractivity contribution in [2.45, 2.75) is 43.8 Å². The molecule has 2 rings (SSSR count). The second-order valence-electron chi connectivity index (χ2n) is 4.17. The third-order valence-electron chi connectivity index (χ3n) is 3.35. The van der Waals surface area contributed by atoms with Crippen molar-refractivity contribution in [1.82, 2.24) is 0 Å². The molecule has 4 heteroatoms. The maximum atomic E-state index is 12.5. The maximum Gasteiger partial charge on any atom is 0.305 e. The lowest BCUT2D eigenvalue weighted by Crippen LogP contribution is -2.24. The molecule has 0 atom stereocenters. The molecule has 2 saturated carbocycles. The fourth-order valence-electron chi connectivity index (χ4n) is 2.16. The van der Waals surface area contributed by atoms with E-state index in [1.165, 1.54) is 12.8 Å². The lowest BCUT2D eigenvalue weighted by Gasteiger charge is -2.25. The minimum atomic E-state index is -4.25. The molecule has 0 aliphatic heterocycles. The van der Waals surface area contributed by atoms with Crippen molar-refractivity contribution >= 4 is 10.2 Å². The van der Waals surface area contributed by atoms with Gasteiger partial charge in [0.05, 0.1) is 5.25 Å². The van der Waals surface area contributed by atoms with E-state index in [2.05, 4.69) is 0 Å². The molecule has 2 nitrogen and oxygen atoms in total. The van der Waals surface area contributed by atoms with Crippen molar-refractivity contribution in [2.75, 3.05) is 0 Å². The monoisotopic (exact) mass is 192 g/mol. The van der Waals surface area contributed by atoms with E-state index in [-0.39, 0.29) is 0 Å². The van der Waals surface area contributed by atoms with Gasteiger partial charge in [0.15, 0.2) is 0 Å². The Hall–Kier alpha value is -0.120. The summed E-state index contributed by atoms with van der Waals surface area (Å²) in [7, 11) is -4.25. The Kier molecular flexibility index (Phi) is 1.72. The first-order chi connectivity index (χ1) is 5.52. The average molecular weight is 192 g/mol. The van der Waals surface area contributed by atoms with Gasteiger partial charge in [-0.15, -0.1) is 3.89 Å². The SMILES string of the molecule is O=S(=O)(F)C1CCC2(CC1)CC2. The van der Waals surface area contributed by atoms with Gasteiger partial charge < -0.3 is 0 Å². The largest absolute Gasteiger partial charge is 0.305 e. The van der Waals surface area contributed by atoms with Gasteiger partial charge in [0.2, 0.25) is 0 Å². The van der Waals surface area contributed by atoms with Crippen LogP contribution in [-0.4, -0.2) is 13.7 Å². The molecule has 2 fully saturated rings. The van der Waals surface area contributed by atoms with Crippen LogP contribution in [0.2, 0.25) is 0 Å². The molecule has 2 aliphatic carbocycles. The second kappa shape index (κ2) is 2.44. The quantitative estimate of drug-likeness (QED) is 0.595. The van der Waals surface area contributed by atoms with Gasteiger partial charge in [-0.2, -0.15) is 8.42 Å². The Morgan fingerprint density at radius 2 is 1.58 bits per heavy atom. The second-order valence-corrected chi connectivity index (χ2v) is 5.79. The van der Waals surface area contributed by atoms with Gasteiger partial charge in [0, 0.05) is 0 Å². The molecule has 70 valence electrons. The zero-order valence-corrected chi connectivity index (χ0v) is 7.74. The van der Waals surface area contributed by atoms with Crippen LogP contribution in [0.15, 0.2) is 0 Å². The Balaban J connectivity index is 1.99. The zero-order valence-electron chi connectivity index (χ0n) is 6.92. The maximum absolute atomic E-state index is 12.5. The highest BCUT2D eigenvalue weighted by atomic mass is 32.3. The summed E-state index contributed by atoms with van der Waals surface area (Å²) in [6.07, 6.45) is 5.37. The van der Waals surface area contributed by atoms with E-state index in [0.717, 1.165) is 12.8 Å². The van der Waals surface area contributed by atoms with Gasteiger partial charge in [0.25, 0.3) is 0 Å². The average Bonchev–Trinajstić information content (AvgIpc) is 2.68. The number of halogens is 1.